The van der Waals surface area contributed by atoms with E-state index in [9.17, 15) is 4.79 Å². The number of fused-ring (bicyclic) bond motifs is 1. The monoisotopic (exact) mass is 472 g/mol. The number of morpholine rings is 1. The van der Waals surface area contributed by atoms with E-state index in [-0.39, 0.29) is 5.54 Å². The van der Waals surface area contributed by atoms with Gasteiger partial charge in [0.25, 0.3) is 0 Å². The molecule has 1 aliphatic carbocycles. The van der Waals surface area contributed by atoms with E-state index >= 15 is 0 Å². The van der Waals surface area contributed by atoms with Crippen LogP contribution < -0.4 is 15.5 Å². The molecule has 184 valence electrons. The molecule has 0 bridgehead atoms. The van der Waals surface area contributed by atoms with Crippen LogP contribution in [0.15, 0.2) is 30.7 Å². The third-order valence-corrected chi connectivity index (χ3v) is 5.69. The van der Waals surface area contributed by atoms with Crippen molar-refractivity contribution in [2.75, 3.05) is 49.7 Å². The standard InChI is InChI=1S/C13H15N7O.C5H9NO2.C4H8O/c1-2-15-18-10(1)16-13-17-12(19-5-7-21-8-6-19)9-11-14-3-4-20(11)13;1-5(2-3-5)6-4(7)8;1-2-4-5-3-1/h1-4,9H,5-8H2,(H2,15,16,17,18);6H,2-3H2,1H3,(H,7,8);1-4H2. The lowest BCUT2D eigenvalue weighted by Crippen LogP contribution is -2.36. The van der Waals surface area contributed by atoms with Crippen LogP contribution in [0, 0.1) is 0 Å². The molecular weight excluding hydrogens is 440 g/mol. The Kier molecular flexibility index (Phi) is 7.80. The second-order valence-corrected chi connectivity index (χ2v) is 8.60. The van der Waals surface area contributed by atoms with Crippen LogP contribution in [0.5, 0.6) is 0 Å². The Morgan fingerprint density at radius 3 is 2.44 bits per heavy atom. The Bertz CT molecular complexity index is 1030. The lowest BCUT2D eigenvalue weighted by atomic mass is 10.3. The van der Waals surface area contributed by atoms with Gasteiger partial charge in [-0.15, -0.1) is 0 Å². The van der Waals surface area contributed by atoms with Crippen LogP contribution in [0.25, 0.3) is 5.65 Å². The molecule has 4 N–H and O–H groups in total. The number of ether oxygens (including phenoxy) is 2. The van der Waals surface area contributed by atoms with Gasteiger partial charge in [0.1, 0.15) is 17.3 Å². The summed E-state index contributed by atoms with van der Waals surface area (Å²) in [5, 5.41) is 20.6. The maximum Gasteiger partial charge on any atom is 0.405 e. The molecule has 3 aromatic heterocycles. The van der Waals surface area contributed by atoms with Gasteiger partial charge in [0.2, 0.25) is 5.95 Å². The molecule has 3 aliphatic rings. The minimum Gasteiger partial charge on any atom is -0.465 e. The summed E-state index contributed by atoms with van der Waals surface area (Å²) in [6, 6.07) is 3.84. The van der Waals surface area contributed by atoms with Gasteiger partial charge < -0.3 is 30.1 Å². The predicted octanol–water partition coefficient (Wildman–Crippen LogP) is 2.64. The first-order chi connectivity index (χ1) is 16.5. The van der Waals surface area contributed by atoms with Gasteiger partial charge in [-0.1, -0.05) is 0 Å². The zero-order valence-electron chi connectivity index (χ0n) is 19.4. The van der Waals surface area contributed by atoms with Crippen molar-refractivity contribution < 1.29 is 19.4 Å². The number of H-pyrrole nitrogens is 1. The van der Waals surface area contributed by atoms with Gasteiger partial charge in [-0.2, -0.15) is 10.1 Å². The highest BCUT2D eigenvalue weighted by atomic mass is 16.5. The van der Waals surface area contributed by atoms with E-state index < -0.39 is 6.09 Å². The molecule has 1 amide bonds. The molecule has 2 aliphatic heterocycles. The van der Waals surface area contributed by atoms with E-state index in [2.05, 4.69) is 30.7 Å². The van der Waals surface area contributed by atoms with E-state index in [1.54, 1.807) is 12.4 Å². The van der Waals surface area contributed by atoms with Crippen molar-refractivity contribution in [3.63, 3.8) is 0 Å². The number of aromatic amines is 1. The van der Waals surface area contributed by atoms with Crippen molar-refractivity contribution in [1.82, 2.24) is 29.9 Å². The molecule has 5 heterocycles. The van der Waals surface area contributed by atoms with E-state index in [4.69, 9.17) is 19.6 Å². The molecule has 1 saturated carbocycles. The lowest BCUT2D eigenvalue weighted by Gasteiger charge is -2.28. The third kappa shape index (κ3) is 6.81. The number of hydrogen-bond acceptors (Lipinski definition) is 8. The zero-order chi connectivity index (χ0) is 23.8. The van der Waals surface area contributed by atoms with Gasteiger partial charge in [0, 0.05) is 56.4 Å². The molecule has 0 radical (unpaired) electrons. The van der Waals surface area contributed by atoms with Gasteiger partial charge in [-0.3, -0.25) is 9.50 Å². The number of aromatic nitrogens is 5. The van der Waals surface area contributed by atoms with E-state index in [0.717, 1.165) is 69.6 Å². The number of carbonyl (C=O) groups is 1. The fraction of sp³-hybridized carbons (Fsp3) is 0.545. The largest absolute Gasteiger partial charge is 0.465 e. The topological polar surface area (TPSA) is 142 Å². The van der Waals surface area contributed by atoms with Crippen LogP contribution in [-0.2, 0) is 9.47 Å². The van der Waals surface area contributed by atoms with Crippen molar-refractivity contribution in [2.24, 2.45) is 0 Å². The Hall–Kier alpha value is -3.38. The van der Waals surface area contributed by atoms with Gasteiger partial charge >= 0.3 is 6.09 Å². The maximum absolute atomic E-state index is 9.94. The third-order valence-electron chi connectivity index (χ3n) is 5.69. The SMILES string of the molecule is C1CCOC1.CC1(NC(=O)O)CC1.c1cc(Nc2nc(N3CCOCC3)cc3nccn23)[nH]n1. The predicted molar refractivity (Wildman–Crippen MR) is 127 cm³/mol. The van der Waals surface area contributed by atoms with Crippen molar-refractivity contribution in [3.05, 3.63) is 30.7 Å². The molecule has 6 rings (SSSR count). The molecular formula is C22H32N8O4. The number of amides is 1. The number of anilines is 3. The molecule has 12 nitrogen and oxygen atoms in total. The van der Waals surface area contributed by atoms with Crippen LogP contribution >= 0.6 is 0 Å². The fourth-order valence-corrected chi connectivity index (χ4v) is 3.48. The second-order valence-electron chi connectivity index (χ2n) is 8.60. The van der Waals surface area contributed by atoms with Crippen molar-refractivity contribution in [3.8, 4) is 0 Å². The van der Waals surface area contributed by atoms with Gasteiger partial charge in [0.05, 0.1) is 19.4 Å². The smallest absolute Gasteiger partial charge is 0.405 e. The van der Waals surface area contributed by atoms with Crippen LogP contribution in [0.1, 0.15) is 32.6 Å². The number of rotatable bonds is 4. The highest BCUT2D eigenvalue weighted by molar-refractivity contribution is 5.66. The summed E-state index contributed by atoms with van der Waals surface area (Å²) < 4.78 is 12.2. The molecule has 3 fully saturated rings. The quantitative estimate of drug-likeness (QED) is 0.451. The molecule has 0 unspecified atom stereocenters. The van der Waals surface area contributed by atoms with E-state index in [1.807, 2.05) is 29.7 Å². The van der Waals surface area contributed by atoms with Crippen molar-refractivity contribution in [2.45, 2.75) is 38.1 Å². The molecule has 12 heteroatoms. The van der Waals surface area contributed by atoms with E-state index in [1.165, 1.54) is 12.8 Å². The first-order valence-electron chi connectivity index (χ1n) is 11.5. The molecule has 34 heavy (non-hydrogen) atoms. The Morgan fingerprint density at radius 2 is 1.88 bits per heavy atom. The summed E-state index contributed by atoms with van der Waals surface area (Å²) in [4.78, 5) is 21.2. The average molecular weight is 473 g/mol. The van der Waals surface area contributed by atoms with Crippen LogP contribution in [0.3, 0.4) is 0 Å². The maximum atomic E-state index is 9.94. The van der Waals surface area contributed by atoms with E-state index in [0.29, 0.717) is 5.95 Å². The normalized spacial score (nSPS) is 18.3. The van der Waals surface area contributed by atoms with Gasteiger partial charge in [-0.25, -0.2) is 9.78 Å². The Labute approximate surface area is 197 Å². The highest BCUT2D eigenvalue weighted by Crippen LogP contribution is 2.33. The fourth-order valence-electron chi connectivity index (χ4n) is 3.48. The van der Waals surface area contributed by atoms with Crippen LogP contribution in [0.4, 0.5) is 22.4 Å². The first-order valence-corrected chi connectivity index (χ1v) is 11.5. The van der Waals surface area contributed by atoms with Crippen molar-refractivity contribution >= 4 is 29.3 Å². The minimum absolute atomic E-state index is 0.0775. The van der Waals surface area contributed by atoms with Crippen LogP contribution in [-0.4, -0.2) is 80.8 Å². The molecule has 0 aromatic carbocycles. The molecule has 0 spiro atoms. The molecule has 2 saturated heterocycles. The minimum atomic E-state index is -0.912. The zero-order valence-corrected chi connectivity index (χ0v) is 19.4. The second kappa shape index (κ2) is 11.2. The number of nitrogens with zero attached hydrogens (tertiary/aromatic N) is 5. The summed E-state index contributed by atoms with van der Waals surface area (Å²) in [5.41, 5.74) is 0.778. The number of hydrogen-bond donors (Lipinski definition) is 4. The summed E-state index contributed by atoms with van der Waals surface area (Å²) in [5.74, 6) is 2.39. The van der Waals surface area contributed by atoms with Gasteiger partial charge in [-0.05, 0) is 32.6 Å². The Morgan fingerprint density at radius 1 is 1.15 bits per heavy atom. The number of nitrogens with one attached hydrogen (secondary N) is 3. The summed E-state index contributed by atoms with van der Waals surface area (Å²) in [6.45, 7) is 7.04. The highest BCUT2D eigenvalue weighted by Gasteiger charge is 2.38. The summed E-state index contributed by atoms with van der Waals surface area (Å²) in [7, 11) is 0. The number of imidazole rings is 1. The summed E-state index contributed by atoms with van der Waals surface area (Å²) >= 11 is 0. The van der Waals surface area contributed by atoms with Crippen LogP contribution in [0.2, 0.25) is 0 Å². The lowest BCUT2D eigenvalue weighted by molar-refractivity contribution is 0.122. The van der Waals surface area contributed by atoms with Crippen molar-refractivity contribution in [1.29, 1.82) is 0 Å². The number of carboxylic acid groups (broad SMARTS) is 1. The average Bonchev–Trinajstić information content (AvgIpc) is 3.40. The van der Waals surface area contributed by atoms with Gasteiger partial charge in [0.15, 0.2) is 0 Å². The first kappa shape index (κ1) is 23.8. The Balaban J connectivity index is 0.000000172. The summed E-state index contributed by atoms with van der Waals surface area (Å²) in [6.07, 6.45) is 8.95. The molecule has 0 atom stereocenters. The molecule has 3 aromatic rings.